The first-order chi connectivity index (χ1) is 14.5. The van der Waals surface area contributed by atoms with Gasteiger partial charge in [0.1, 0.15) is 12.2 Å². The molecule has 0 aromatic carbocycles. The second-order valence-corrected chi connectivity index (χ2v) is 16.8. The first kappa shape index (κ1) is 23.6. The topological polar surface area (TPSA) is 118 Å². The number of hydrogen-bond acceptors (Lipinski definition) is 6. The third-order valence-corrected chi connectivity index (χ3v) is 8.09. The number of urea groups is 1. The lowest BCUT2D eigenvalue weighted by atomic mass is 10.1. The number of fused-ring (bicyclic) bond motifs is 1. The Morgan fingerprint density at radius 2 is 2.13 bits per heavy atom. The van der Waals surface area contributed by atoms with Crippen molar-refractivity contribution in [2.45, 2.75) is 51.3 Å². The number of piperidine rings is 1. The standard InChI is InChI=1S/C19H32N6O4SSi/c1-30(27,28)25-8-5-6-15(13-25)21-19(26)23-17-12-20-18-16(22-17)7-9-24(18)14-29-10-11-31(2,3)4/h7,9,12,15H,5-6,8,10-11,13-14H2,1-4H3,(H2,21,22,23,26). The van der Waals surface area contributed by atoms with Crippen molar-refractivity contribution < 1.29 is 17.9 Å². The summed E-state index contributed by atoms with van der Waals surface area (Å²) >= 11 is 0. The second kappa shape index (κ2) is 9.63. The van der Waals surface area contributed by atoms with Gasteiger partial charge in [-0.25, -0.2) is 27.5 Å². The summed E-state index contributed by atoms with van der Waals surface area (Å²) < 4.78 is 32.5. The number of nitrogens with zero attached hydrogens (tertiary/aromatic N) is 4. The number of hydrogen-bond donors (Lipinski definition) is 2. The number of carbonyl (C=O) groups excluding carboxylic acids is 1. The molecule has 1 saturated heterocycles. The Bertz CT molecular complexity index is 1020. The molecule has 0 saturated carbocycles. The van der Waals surface area contributed by atoms with Crippen LogP contribution in [0.2, 0.25) is 25.7 Å². The zero-order valence-electron chi connectivity index (χ0n) is 18.6. The fourth-order valence-corrected chi connectivity index (χ4v) is 5.03. The summed E-state index contributed by atoms with van der Waals surface area (Å²) in [5.74, 6) is 0.332. The van der Waals surface area contributed by atoms with Gasteiger partial charge >= 0.3 is 6.03 Å². The van der Waals surface area contributed by atoms with Crippen LogP contribution in [0.25, 0.3) is 11.2 Å². The second-order valence-electron chi connectivity index (χ2n) is 9.16. The van der Waals surface area contributed by atoms with Crippen LogP contribution >= 0.6 is 0 Å². The Balaban J connectivity index is 1.54. The van der Waals surface area contributed by atoms with Gasteiger partial charge in [0.15, 0.2) is 11.5 Å². The highest BCUT2D eigenvalue weighted by atomic mass is 32.2. The van der Waals surface area contributed by atoms with Gasteiger partial charge in [-0.1, -0.05) is 19.6 Å². The number of ether oxygens (including phenoxy) is 1. The highest BCUT2D eigenvalue weighted by Crippen LogP contribution is 2.16. The number of nitrogens with one attached hydrogen (secondary N) is 2. The average Bonchev–Trinajstić information content (AvgIpc) is 3.06. The molecule has 3 rings (SSSR count). The van der Waals surface area contributed by atoms with Crippen LogP contribution in [-0.4, -0.2) is 73.4 Å². The maximum absolute atomic E-state index is 12.4. The van der Waals surface area contributed by atoms with Gasteiger partial charge in [-0.05, 0) is 25.0 Å². The van der Waals surface area contributed by atoms with Crippen LogP contribution in [0.5, 0.6) is 0 Å². The Hall–Kier alpha value is -2.02. The van der Waals surface area contributed by atoms with E-state index in [4.69, 9.17) is 4.74 Å². The van der Waals surface area contributed by atoms with E-state index in [0.29, 0.717) is 36.7 Å². The van der Waals surface area contributed by atoms with Gasteiger partial charge in [-0.2, -0.15) is 0 Å². The summed E-state index contributed by atoms with van der Waals surface area (Å²) in [6, 6.07) is 2.26. The third-order valence-electron chi connectivity index (χ3n) is 5.12. The summed E-state index contributed by atoms with van der Waals surface area (Å²) in [6.07, 6.45) is 5.99. The molecule has 0 spiro atoms. The van der Waals surface area contributed by atoms with E-state index in [2.05, 4.69) is 40.2 Å². The Kier molecular flexibility index (Phi) is 7.34. The number of anilines is 1. The first-order valence-electron chi connectivity index (χ1n) is 10.4. The van der Waals surface area contributed by atoms with Crippen LogP contribution in [0.1, 0.15) is 12.8 Å². The van der Waals surface area contributed by atoms with Gasteiger partial charge in [0.25, 0.3) is 0 Å². The van der Waals surface area contributed by atoms with Crippen LogP contribution in [0.3, 0.4) is 0 Å². The largest absolute Gasteiger partial charge is 0.361 e. The number of carbonyl (C=O) groups is 1. The van der Waals surface area contributed by atoms with Crippen molar-refractivity contribution in [2.24, 2.45) is 0 Å². The number of rotatable bonds is 8. The molecule has 1 atom stereocenters. The van der Waals surface area contributed by atoms with E-state index >= 15 is 0 Å². The first-order valence-corrected chi connectivity index (χ1v) is 16.0. The fraction of sp³-hybridized carbons (Fsp3) is 0.632. The normalized spacial score (nSPS) is 18.3. The highest BCUT2D eigenvalue weighted by molar-refractivity contribution is 7.88. The van der Waals surface area contributed by atoms with Gasteiger partial charge < -0.3 is 14.6 Å². The average molecular weight is 469 g/mol. The monoisotopic (exact) mass is 468 g/mol. The van der Waals surface area contributed by atoms with Crippen LogP contribution in [0.15, 0.2) is 18.5 Å². The smallest absolute Gasteiger partial charge is 0.320 e. The van der Waals surface area contributed by atoms with E-state index < -0.39 is 24.1 Å². The lowest BCUT2D eigenvalue weighted by Gasteiger charge is -2.31. The van der Waals surface area contributed by atoms with E-state index in [0.717, 1.165) is 19.1 Å². The molecule has 12 heteroatoms. The van der Waals surface area contributed by atoms with Crippen molar-refractivity contribution in [1.82, 2.24) is 24.2 Å². The van der Waals surface area contributed by atoms with Crippen LogP contribution in [0.4, 0.5) is 10.6 Å². The van der Waals surface area contributed by atoms with E-state index in [1.807, 2.05) is 16.8 Å². The Labute approximate surface area is 184 Å². The minimum Gasteiger partial charge on any atom is -0.361 e. The predicted octanol–water partition coefficient (Wildman–Crippen LogP) is 2.29. The predicted molar refractivity (Wildman–Crippen MR) is 123 cm³/mol. The molecule has 2 N–H and O–H groups in total. The fourth-order valence-electron chi connectivity index (χ4n) is 3.37. The van der Waals surface area contributed by atoms with E-state index in [9.17, 15) is 13.2 Å². The lowest BCUT2D eigenvalue weighted by Crippen LogP contribution is -2.50. The van der Waals surface area contributed by atoms with Gasteiger partial charge in [-0.3, -0.25) is 5.32 Å². The molecule has 2 amide bonds. The number of amides is 2. The maximum Gasteiger partial charge on any atom is 0.320 e. The molecule has 0 aliphatic carbocycles. The highest BCUT2D eigenvalue weighted by Gasteiger charge is 2.26. The van der Waals surface area contributed by atoms with Gasteiger partial charge in [-0.15, -0.1) is 0 Å². The third kappa shape index (κ3) is 6.99. The summed E-state index contributed by atoms with van der Waals surface area (Å²) in [6.45, 7) is 8.83. The zero-order chi connectivity index (χ0) is 22.6. The zero-order valence-corrected chi connectivity index (χ0v) is 20.4. The molecule has 1 fully saturated rings. The molecule has 172 valence electrons. The van der Waals surface area contributed by atoms with Gasteiger partial charge in [0.2, 0.25) is 10.0 Å². The lowest BCUT2D eigenvalue weighted by molar-refractivity contribution is 0.0899. The molecule has 2 aromatic heterocycles. The molecule has 0 radical (unpaired) electrons. The Morgan fingerprint density at radius 3 is 2.84 bits per heavy atom. The molecule has 1 aliphatic rings. The molecule has 1 aliphatic heterocycles. The van der Waals surface area contributed by atoms with Gasteiger partial charge in [0, 0.05) is 40.0 Å². The molecule has 3 heterocycles. The van der Waals surface area contributed by atoms with E-state index in [1.165, 1.54) is 16.8 Å². The van der Waals surface area contributed by atoms with Crippen molar-refractivity contribution in [2.75, 3.05) is 31.3 Å². The van der Waals surface area contributed by atoms with Crippen molar-refractivity contribution in [3.8, 4) is 0 Å². The molecule has 31 heavy (non-hydrogen) atoms. The van der Waals surface area contributed by atoms with Gasteiger partial charge in [0.05, 0.1) is 12.5 Å². The Morgan fingerprint density at radius 1 is 1.35 bits per heavy atom. The van der Waals surface area contributed by atoms with E-state index in [-0.39, 0.29) is 12.6 Å². The number of sulfonamides is 1. The van der Waals surface area contributed by atoms with Crippen molar-refractivity contribution in [3.05, 3.63) is 18.5 Å². The van der Waals surface area contributed by atoms with Crippen molar-refractivity contribution >= 4 is 41.1 Å². The number of aromatic nitrogens is 3. The van der Waals surface area contributed by atoms with Crippen LogP contribution < -0.4 is 10.6 Å². The van der Waals surface area contributed by atoms with Crippen LogP contribution in [0, 0.1) is 0 Å². The summed E-state index contributed by atoms with van der Waals surface area (Å²) in [5.41, 5.74) is 1.35. The molecule has 10 nitrogen and oxygen atoms in total. The summed E-state index contributed by atoms with van der Waals surface area (Å²) in [5, 5.41) is 5.51. The molecular formula is C19H32N6O4SSi. The minimum absolute atomic E-state index is 0.241. The van der Waals surface area contributed by atoms with Crippen LogP contribution in [-0.2, 0) is 21.5 Å². The quantitative estimate of drug-likeness (QED) is 0.453. The molecular weight excluding hydrogens is 436 g/mol. The molecule has 1 unspecified atom stereocenters. The maximum atomic E-state index is 12.4. The molecule has 2 aromatic rings. The summed E-state index contributed by atoms with van der Waals surface area (Å²) in [7, 11) is -4.39. The SMILES string of the molecule is C[Si](C)(C)CCOCn1ccc2nc(NC(=O)NC3CCCN(S(C)(=O)=O)C3)cnc21. The molecule has 0 bridgehead atoms. The van der Waals surface area contributed by atoms with Crippen molar-refractivity contribution in [3.63, 3.8) is 0 Å². The summed E-state index contributed by atoms with van der Waals surface area (Å²) in [4.78, 5) is 21.2. The minimum atomic E-state index is -3.26. The van der Waals surface area contributed by atoms with E-state index in [1.54, 1.807) is 0 Å². The van der Waals surface area contributed by atoms with Crippen molar-refractivity contribution in [1.29, 1.82) is 0 Å².